The Bertz CT molecular complexity index is 1270. The van der Waals surface area contributed by atoms with Gasteiger partial charge in [-0.3, -0.25) is 10.1 Å². The Kier molecular flexibility index (Phi) is 5.43. The van der Waals surface area contributed by atoms with Crippen LogP contribution >= 0.6 is 23.8 Å². The van der Waals surface area contributed by atoms with Crippen molar-refractivity contribution in [2.45, 2.75) is 6.92 Å². The summed E-state index contributed by atoms with van der Waals surface area (Å²) < 4.78 is 13.1. The van der Waals surface area contributed by atoms with Gasteiger partial charge in [-0.15, -0.1) is 10.2 Å². The third kappa shape index (κ3) is 4.29. The molecule has 0 saturated carbocycles. The van der Waals surface area contributed by atoms with Gasteiger partial charge in [-0.05, 0) is 79.3 Å². The second-order valence-electron chi connectivity index (χ2n) is 6.54. The largest absolute Gasteiger partial charge is 0.332 e. The monoisotopic (exact) mass is 439 g/mol. The smallest absolute Gasteiger partial charge is 0.257 e. The van der Waals surface area contributed by atoms with Crippen LogP contribution in [0.2, 0.25) is 5.02 Å². The molecule has 0 atom stereocenters. The molecule has 6 nitrogen and oxygen atoms in total. The molecule has 0 aliphatic rings. The molecule has 0 bridgehead atoms. The summed E-state index contributed by atoms with van der Waals surface area (Å²) in [5.41, 5.74) is 3.90. The Morgan fingerprint density at radius 3 is 2.47 bits per heavy atom. The maximum Gasteiger partial charge on any atom is 0.257 e. The number of fused-ring (bicyclic) bond motifs is 1. The molecule has 0 aliphatic heterocycles. The van der Waals surface area contributed by atoms with Crippen molar-refractivity contribution in [1.82, 2.24) is 20.3 Å². The Morgan fingerprint density at radius 1 is 1.07 bits per heavy atom. The molecule has 1 aromatic heterocycles. The molecule has 4 rings (SSSR count). The molecule has 1 heterocycles. The number of benzene rings is 3. The van der Waals surface area contributed by atoms with E-state index in [1.807, 2.05) is 13.0 Å². The lowest BCUT2D eigenvalue weighted by Gasteiger charge is -2.11. The number of halogens is 2. The van der Waals surface area contributed by atoms with E-state index in [2.05, 4.69) is 20.8 Å². The average Bonchev–Trinajstić information content (AvgIpc) is 3.11. The first-order valence-corrected chi connectivity index (χ1v) is 9.69. The van der Waals surface area contributed by atoms with Crippen LogP contribution in [0.1, 0.15) is 15.9 Å². The maximum atomic E-state index is 13.1. The topological polar surface area (TPSA) is 71.8 Å². The lowest BCUT2D eigenvalue weighted by atomic mass is 10.2. The van der Waals surface area contributed by atoms with Crippen LogP contribution in [0.25, 0.3) is 16.7 Å². The molecule has 0 radical (unpaired) electrons. The molecule has 4 aromatic rings. The second-order valence-corrected chi connectivity index (χ2v) is 7.38. The molecule has 9 heteroatoms. The van der Waals surface area contributed by atoms with E-state index in [0.717, 1.165) is 5.56 Å². The molecule has 30 heavy (non-hydrogen) atoms. The number of carbonyl (C=O) groups is 1. The number of amides is 1. The summed E-state index contributed by atoms with van der Waals surface area (Å²) >= 11 is 11.2. The van der Waals surface area contributed by atoms with Gasteiger partial charge in [-0.2, -0.15) is 4.80 Å². The van der Waals surface area contributed by atoms with E-state index in [0.29, 0.717) is 33.0 Å². The Labute approximate surface area is 181 Å². The Balaban J connectivity index is 1.53. The second kappa shape index (κ2) is 8.17. The van der Waals surface area contributed by atoms with Gasteiger partial charge in [0.2, 0.25) is 0 Å². The highest BCUT2D eigenvalue weighted by atomic mass is 35.5. The fraction of sp³-hybridized carbons (Fsp3) is 0.0476. The van der Waals surface area contributed by atoms with Crippen molar-refractivity contribution in [1.29, 1.82) is 0 Å². The molecule has 0 spiro atoms. The van der Waals surface area contributed by atoms with Gasteiger partial charge in [-0.1, -0.05) is 17.7 Å². The van der Waals surface area contributed by atoms with Crippen LogP contribution in [0.3, 0.4) is 0 Å². The predicted molar refractivity (Wildman–Crippen MR) is 119 cm³/mol. The first-order chi connectivity index (χ1) is 14.4. The van der Waals surface area contributed by atoms with E-state index in [1.54, 1.807) is 42.5 Å². The van der Waals surface area contributed by atoms with E-state index in [9.17, 15) is 9.18 Å². The number of nitrogens with zero attached hydrogens (tertiary/aromatic N) is 3. The SMILES string of the molecule is Cc1cc2nn(-c3ccc(F)cc3)nc2cc1NC(=S)NC(=O)c1cccc(Cl)c1. The minimum atomic E-state index is -0.365. The lowest BCUT2D eigenvalue weighted by molar-refractivity contribution is 0.0977. The average molecular weight is 440 g/mol. The minimum absolute atomic E-state index is 0.147. The maximum absolute atomic E-state index is 13.1. The highest BCUT2D eigenvalue weighted by molar-refractivity contribution is 7.80. The number of aryl methyl sites for hydroxylation is 1. The molecule has 1 amide bonds. The Hall–Kier alpha value is -3.36. The van der Waals surface area contributed by atoms with Crippen molar-refractivity contribution < 1.29 is 9.18 Å². The van der Waals surface area contributed by atoms with Crippen LogP contribution < -0.4 is 10.6 Å². The van der Waals surface area contributed by atoms with Gasteiger partial charge in [0.05, 0.1) is 5.69 Å². The lowest BCUT2D eigenvalue weighted by Crippen LogP contribution is -2.34. The summed E-state index contributed by atoms with van der Waals surface area (Å²) in [7, 11) is 0. The van der Waals surface area contributed by atoms with Crippen molar-refractivity contribution in [3.63, 3.8) is 0 Å². The molecule has 0 aliphatic carbocycles. The van der Waals surface area contributed by atoms with Gasteiger partial charge in [-0.25, -0.2) is 4.39 Å². The quantitative estimate of drug-likeness (QED) is 0.455. The summed E-state index contributed by atoms with van der Waals surface area (Å²) in [6.45, 7) is 1.89. The van der Waals surface area contributed by atoms with E-state index in [-0.39, 0.29) is 16.8 Å². The molecular weight excluding hydrogens is 425 g/mol. The fourth-order valence-electron chi connectivity index (χ4n) is 2.85. The van der Waals surface area contributed by atoms with Crippen molar-refractivity contribution in [2.75, 3.05) is 5.32 Å². The number of rotatable bonds is 3. The van der Waals surface area contributed by atoms with E-state index < -0.39 is 0 Å². The van der Waals surface area contributed by atoms with Crippen LogP contribution in [0.5, 0.6) is 0 Å². The van der Waals surface area contributed by atoms with Gasteiger partial charge < -0.3 is 5.32 Å². The van der Waals surface area contributed by atoms with Crippen LogP contribution in [0, 0.1) is 12.7 Å². The standard InChI is InChI=1S/C21H15ClFN5OS/c1-12-9-18-19(27-28(26-18)16-7-5-15(23)6-8-16)11-17(12)24-21(30)25-20(29)13-3-2-4-14(22)10-13/h2-11H,1H3,(H2,24,25,29,30). The summed E-state index contributed by atoms with van der Waals surface area (Å²) in [4.78, 5) is 13.8. The van der Waals surface area contributed by atoms with E-state index in [4.69, 9.17) is 23.8 Å². The summed E-state index contributed by atoms with van der Waals surface area (Å²) in [6.07, 6.45) is 0. The number of nitrogens with one attached hydrogen (secondary N) is 2. The zero-order valence-corrected chi connectivity index (χ0v) is 17.3. The number of anilines is 1. The number of aromatic nitrogens is 3. The summed E-state index contributed by atoms with van der Waals surface area (Å²) in [5.74, 6) is -0.692. The normalized spacial score (nSPS) is 10.8. The van der Waals surface area contributed by atoms with Crippen molar-refractivity contribution in [3.05, 3.63) is 82.6 Å². The molecule has 150 valence electrons. The molecule has 2 N–H and O–H groups in total. The Morgan fingerprint density at radius 2 is 1.77 bits per heavy atom. The van der Waals surface area contributed by atoms with Gasteiger partial charge in [0.1, 0.15) is 16.9 Å². The highest BCUT2D eigenvalue weighted by Gasteiger charge is 2.12. The molecule has 0 saturated heterocycles. The van der Waals surface area contributed by atoms with E-state index in [1.165, 1.54) is 16.9 Å². The van der Waals surface area contributed by atoms with Gasteiger partial charge in [0, 0.05) is 16.3 Å². The van der Waals surface area contributed by atoms with Gasteiger partial charge in [0.25, 0.3) is 5.91 Å². The van der Waals surface area contributed by atoms with Crippen LogP contribution in [-0.4, -0.2) is 26.0 Å². The van der Waals surface area contributed by atoms with E-state index >= 15 is 0 Å². The number of carbonyl (C=O) groups excluding carboxylic acids is 1. The number of hydrogen-bond acceptors (Lipinski definition) is 4. The molecule has 3 aromatic carbocycles. The van der Waals surface area contributed by atoms with Gasteiger partial charge in [0.15, 0.2) is 5.11 Å². The first-order valence-electron chi connectivity index (χ1n) is 8.90. The summed E-state index contributed by atoms with van der Waals surface area (Å²) in [5, 5.41) is 15.1. The third-order valence-corrected chi connectivity index (χ3v) is 4.79. The van der Waals surface area contributed by atoms with Crippen molar-refractivity contribution in [2.24, 2.45) is 0 Å². The fourth-order valence-corrected chi connectivity index (χ4v) is 3.24. The van der Waals surface area contributed by atoms with Crippen LogP contribution in [-0.2, 0) is 0 Å². The number of hydrogen-bond donors (Lipinski definition) is 2. The molecule has 0 unspecified atom stereocenters. The van der Waals surface area contributed by atoms with Crippen molar-refractivity contribution >= 4 is 51.6 Å². The molecule has 0 fully saturated rings. The highest BCUT2D eigenvalue weighted by Crippen LogP contribution is 2.22. The van der Waals surface area contributed by atoms with Crippen LogP contribution in [0.4, 0.5) is 10.1 Å². The summed E-state index contributed by atoms with van der Waals surface area (Å²) in [6, 6.07) is 16.1. The predicted octanol–water partition coefficient (Wildman–Crippen LogP) is 4.65. The zero-order chi connectivity index (χ0) is 21.3. The minimum Gasteiger partial charge on any atom is -0.332 e. The van der Waals surface area contributed by atoms with Gasteiger partial charge >= 0.3 is 0 Å². The molecular formula is C21H15ClFN5OS. The van der Waals surface area contributed by atoms with Crippen LogP contribution in [0.15, 0.2) is 60.7 Å². The first kappa shape index (κ1) is 19.9. The van der Waals surface area contributed by atoms with Crippen molar-refractivity contribution in [3.8, 4) is 5.69 Å². The zero-order valence-electron chi connectivity index (χ0n) is 15.7. The third-order valence-electron chi connectivity index (χ3n) is 4.35. The number of thiocarbonyl (C=S) groups is 1.